The van der Waals surface area contributed by atoms with E-state index in [0.29, 0.717) is 19.7 Å². The van der Waals surface area contributed by atoms with E-state index in [4.69, 9.17) is 4.74 Å². The molecule has 5 nitrogen and oxygen atoms in total. The van der Waals surface area contributed by atoms with E-state index in [0.717, 1.165) is 12.2 Å². The lowest BCUT2D eigenvalue weighted by molar-refractivity contribution is -0.121. The highest BCUT2D eigenvalue weighted by Gasteiger charge is 2.11. The molecule has 1 heterocycles. The molecular weight excluding hydrogens is 242 g/mol. The van der Waals surface area contributed by atoms with Crippen LogP contribution in [-0.4, -0.2) is 36.3 Å². The van der Waals surface area contributed by atoms with Crippen molar-refractivity contribution in [2.75, 3.05) is 20.3 Å². The van der Waals surface area contributed by atoms with Crippen molar-refractivity contribution in [3.63, 3.8) is 0 Å². The first-order chi connectivity index (χ1) is 8.92. The molecule has 0 aromatic carbocycles. The number of methoxy groups -OCH3 is 1. The normalized spacial score (nSPS) is 11.6. The van der Waals surface area contributed by atoms with Gasteiger partial charge in [-0.2, -0.15) is 0 Å². The molecule has 0 saturated heterocycles. The molecule has 0 spiro atoms. The number of nitrogens with one attached hydrogen (secondary N) is 2. The summed E-state index contributed by atoms with van der Waals surface area (Å²) in [6, 6.07) is 3.99. The van der Waals surface area contributed by atoms with E-state index in [1.54, 1.807) is 7.11 Å². The quantitative estimate of drug-likeness (QED) is 0.728. The standard InChI is InChI=1S/C14H25N3O2/c1-14(2,3)16-10-12-6-5-8-17(12)11-13(18)15-7-9-19-4/h5-6,8,16H,7,9-11H2,1-4H3,(H,15,18). The van der Waals surface area contributed by atoms with Gasteiger partial charge in [0.2, 0.25) is 5.91 Å². The molecule has 0 aliphatic carbocycles. The molecular formula is C14H25N3O2. The molecule has 19 heavy (non-hydrogen) atoms. The minimum atomic E-state index is 0.00487. The number of amides is 1. The smallest absolute Gasteiger partial charge is 0.240 e. The highest BCUT2D eigenvalue weighted by Crippen LogP contribution is 2.06. The number of nitrogens with zero attached hydrogens (tertiary/aromatic N) is 1. The number of aromatic nitrogens is 1. The minimum Gasteiger partial charge on any atom is -0.383 e. The van der Waals surface area contributed by atoms with Gasteiger partial charge in [0.15, 0.2) is 0 Å². The van der Waals surface area contributed by atoms with Crippen molar-refractivity contribution in [1.29, 1.82) is 0 Å². The van der Waals surface area contributed by atoms with E-state index in [1.165, 1.54) is 0 Å². The third-order valence-corrected chi connectivity index (χ3v) is 2.67. The van der Waals surface area contributed by atoms with Gasteiger partial charge in [-0.25, -0.2) is 0 Å². The van der Waals surface area contributed by atoms with Gasteiger partial charge in [0, 0.05) is 37.6 Å². The van der Waals surface area contributed by atoms with Crippen molar-refractivity contribution in [2.24, 2.45) is 0 Å². The second kappa shape index (κ2) is 7.31. The number of hydrogen-bond donors (Lipinski definition) is 2. The summed E-state index contributed by atoms with van der Waals surface area (Å²) in [5.74, 6) is 0.00487. The number of rotatable bonds is 7. The Labute approximate surface area is 115 Å². The van der Waals surface area contributed by atoms with Crippen LogP contribution in [0.4, 0.5) is 0 Å². The van der Waals surface area contributed by atoms with Crippen LogP contribution < -0.4 is 10.6 Å². The summed E-state index contributed by atoms with van der Waals surface area (Å²) in [6.45, 7) is 8.55. The summed E-state index contributed by atoms with van der Waals surface area (Å²) >= 11 is 0. The maximum atomic E-state index is 11.7. The van der Waals surface area contributed by atoms with Gasteiger partial charge in [0.05, 0.1) is 6.61 Å². The van der Waals surface area contributed by atoms with Crippen LogP contribution in [-0.2, 0) is 22.6 Å². The van der Waals surface area contributed by atoms with Crippen molar-refractivity contribution in [2.45, 2.75) is 39.4 Å². The zero-order valence-electron chi connectivity index (χ0n) is 12.3. The van der Waals surface area contributed by atoms with Crippen LogP contribution in [0.25, 0.3) is 0 Å². The van der Waals surface area contributed by atoms with Gasteiger partial charge in [0.1, 0.15) is 6.54 Å². The molecule has 1 rings (SSSR count). The summed E-state index contributed by atoms with van der Waals surface area (Å²) in [5.41, 5.74) is 1.17. The monoisotopic (exact) mass is 267 g/mol. The van der Waals surface area contributed by atoms with Gasteiger partial charge >= 0.3 is 0 Å². The average molecular weight is 267 g/mol. The van der Waals surface area contributed by atoms with Crippen molar-refractivity contribution >= 4 is 5.91 Å². The van der Waals surface area contributed by atoms with Crippen molar-refractivity contribution in [3.8, 4) is 0 Å². The molecule has 0 saturated carbocycles. The number of carbonyl (C=O) groups excluding carboxylic acids is 1. The van der Waals surface area contributed by atoms with Crippen molar-refractivity contribution < 1.29 is 9.53 Å². The topological polar surface area (TPSA) is 55.3 Å². The van der Waals surface area contributed by atoms with Crippen LogP contribution in [0.3, 0.4) is 0 Å². The molecule has 1 aromatic heterocycles. The van der Waals surface area contributed by atoms with Crippen LogP contribution in [0.15, 0.2) is 18.3 Å². The van der Waals surface area contributed by atoms with Crippen LogP contribution in [0, 0.1) is 0 Å². The number of ether oxygens (including phenoxy) is 1. The van der Waals surface area contributed by atoms with Crippen molar-refractivity contribution in [1.82, 2.24) is 15.2 Å². The van der Waals surface area contributed by atoms with Gasteiger partial charge < -0.3 is 19.9 Å². The lowest BCUT2D eigenvalue weighted by atomic mass is 10.1. The maximum absolute atomic E-state index is 11.7. The SMILES string of the molecule is COCCNC(=O)Cn1cccc1CNC(C)(C)C. The number of hydrogen-bond acceptors (Lipinski definition) is 3. The van der Waals surface area contributed by atoms with E-state index in [2.05, 4.69) is 31.4 Å². The fourth-order valence-electron chi connectivity index (χ4n) is 1.62. The molecule has 0 aliphatic heterocycles. The van der Waals surface area contributed by atoms with Gasteiger partial charge in [-0.15, -0.1) is 0 Å². The molecule has 0 aliphatic rings. The minimum absolute atomic E-state index is 0.00487. The Hall–Kier alpha value is -1.33. The predicted octanol–water partition coefficient (Wildman–Crippen LogP) is 1.14. The molecule has 1 amide bonds. The molecule has 5 heteroatoms. The van der Waals surface area contributed by atoms with Crippen LogP contribution >= 0.6 is 0 Å². The van der Waals surface area contributed by atoms with Crippen LogP contribution in [0.1, 0.15) is 26.5 Å². The summed E-state index contributed by atoms with van der Waals surface area (Å²) in [7, 11) is 1.62. The molecule has 2 N–H and O–H groups in total. The average Bonchev–Trinajstić information content (AvgIpc) is 2.73. The van der Waals surface area contributed by atoms with E-state index < -0.39 is 0 Å². The Balaban J connectivity index is 2.46. The lowest BCUT2D eigenvalue weighted by Crippen LogP contribution is -2.36. The largest absolute Gasteiger partial charge is 0.383 e. The van der Waals surface area contributed by atoms with E-state index in [-0.39, 0.29) is 11.4 Å². The third-order valence-electron chi connectivity index (χ3n) is 2.67. The van der Waals surface area contributed by atoms with Crippen molar-refractivity contribution in [3.05, 3.63) is 24.0 Å². The second-order valence-electron chi connectivity index (χ2n) is 5.57. The Morgan fingerprint density at radius 2 is 2.16 bits per heavy atom. The zero-order chi connectivity index (χ0) is 14.3. The highest BCUT2D eigenvalue weighted by molar-refractivity contribution is 5.75. The Morgan fingerprint density at radius 1 is 1.42 bits per heavy atom. The van der Waals surface area contributed by atoms with Crippen LogP contribution in [0.2, 0.25) is 0 Å². The molecule has 108 valence electrons. The Kier molecular flexibility index (Phi) is 6.05. The fourth-order valence-corrected chi connectivity index (χ4v) is 1.62. The van der Waals surface area contributed by atoms with Gasteiger partial charge in [-0.05, 0) is 32.9 Å². The maximum Gasteiger partial charge on any atom is 0.240 e. The Bertz CT molecular complexity index is 394. The predicted molar refractivity (Wildman–Crippen MR) is 75.9 cm³/mol. The summed E-state index contributed by atoms with van der Waals surface area (Å²) in [6.07, 6.45) is 1.93. The number of carbonyl (C=O) groups is 1. The lowest BCUT2D eigenvalue weighted by Gasteiger charge is -2.21. The van der Waals surface area contributed by atoms with Crippen LogP contribution in [0.5, 0.6) is 0 Å². The molecule has 0 unspecified atom stereocenters. The molecule has 0 bridgehead atoms. The second-order valence-corrected chi connectivity index (χ2v) is 5.57. The van der Waals surface area contributed by atoms with E-state index in [1.807, 2.05) is 22.9 Å². The highest BCUT2D eigenvalue weighted by atomic mass is 16.5. The first kappa shape index (κ1) is 15.7. The van der Waals surface area contributed by atoms with Gasteiger partial charge in [0.25, 0.3) is 0 Å². The summed E-state index contributed by atoms with van der Waals surface area (Å²) in [5, 5.41) is 6.23. The first-order valence-electron chi connectivity index (χ1n) is 6.57. The van der Waals surface area contributed by atoms with Gasteiger partial charge in [-0.1, -0.05) is 0 Å². The summed E-state index contributed by atoms with van der Waals surface area (Å²) < 4.78 is 6.85. The van der Waals surface area contributed by atoms with E-state index >= 15 is 0 Å². The zero-order valence-corrected chi connectivity index (χ0v) is 12.3. The van der Waals surface area contributed by atoms with Gasteiger partial charge in [-0.3, -0.25) is 4.79 Å². The Morgan fingerprint density at radius 3 is 2.79 bits per heavy atom. The first-order valence-corrected chi connectivity index (χ1v) is 6.57. The fraction of sp³-hybridized carbons (Fsp3) is 0.643. The molecule has 1 aromatic rings. The molecule has 0 atom stereocenters. The third kappa shape index (κ3) is 6.40. The summed E-state index contributed by atoms with van der Waals surface area (Å²) in [4.78, 5) is 11.7. The molecule has 0 fully saturated rings. The van der Waals surface area contributed by atoms with E-state index in [9.17, 15) is 4.79 Å². The molecule has 0 radical (unpaired) electrons.